The van der Waals surface area contributed by atoms with Gasteiger partial charge in [-0.3, -0.25) is 4.68 Å². The Morgan fingerprint density at radius 1 is 1.32 bits per heavy atom. The van der Waals surface area contributed by atoms with Gasteiger partial charge in [-0.1, -0.05) is 24.3 Å². The minimum Gasteiger partial charge on any atom is -0.476 e. The van der Waals surface area contributed by atoms with Crippen LogP contribution in [0.5, 0.6) is 0 Å². The Morgan fingerprint density at radius 3 is 2.47 bits per heavy atom. The molecule has 0 bridgehead atoms. The molecule has 0 atom stereocenters. The largest absolute Gasteiger partial charge is 0.476 e. The molecule has 5 heteroatoms. The van der Waals surface area contributed by atoms with E-state index in [1.165, 1.54) is 10.7 Å². The number of hydrogen-bond acceptors (Lipinski definition) is 3. The molecule has 0 aliphatic carbocycles. The zero-order valence-corrected chi connectivity index (χ0v) is 11.1. The summed E-state index contributed by atoms with van der Waals surface area (Å²) in [5.74, 6) is -1.07. The van der Waals surface area contributed by atoms with E-state index in [-0.39, 0.29) is 5.69 Å². The van der Waals surface area contributed by atoms with Gasteiger partial charge in [0.2, 0.25) is 0 Å². The van der Waals surface area contributed by atoms with E-state index in [0.717, 1.165) is 11.1 Å². The standard InChI is InChI=1S/C14H16N2O3/c1-14(2,19)10-7-5-4-6-9(10)12-8-11(13(17)18)15-16(12)3/h4-8,19H,1-3H3,(H,17,18). The number of hydrogen-bond donors (Lipinski definition) is 2. The number of aromatic carboxylic acids is 1. The topological polar surface area (TPSA) is 75.4 Å². The minimum atomic E-state index is -1.07. The van der Waals surface area contributed by atoms with Gasteiger partial charge in [-0.15, -0.1) is 0 Å². The summed E-state index contributed by atoms with van der Waals surface area (Å²) in [6.45, 7) is 3.39. The first-order valence-corrected chi connectivity index (χ1v) is 5.90. The van der Waals surface area contributed by atoms with Crippen LogP contribution in [0.2, 0.25) is 0 Å². The molecule has 1 aromatic heterocycles. The maximum atomic E-state index is 11.0. The summed E-state index contributed by atoms with van der Waals surface area (Å²) in [5, 5.41) is 23.1. The maximum Gasteiger partial charge on any atom is 0.356 e. The normalized spacial score (nSPS) is 11.6. The lowest BCUT2D eigenvalue weighted by molar-refractivity contribution is 0.0689. The van der Waals surface area contributed by atoms with E-state index in [4.69, 9.17) is 5.11 Å². The van der Waals surface area contributed by atoms with Crippen molar-refractivity contribution in [3.05, 3.63) is 41.6 Å². The third-order valence-electron chi connectivity index (χ3n) is 2.96. The molecule has 2 aromatic rings. The fraction of sp³-hybridized carbons (Fsp3) is 0.286. The molecule has 0 amide bonds. The Hall–Kier alpha value is -2.14. The summed E-state index contributed by atoms with van der Waals surface area (Å²) in [4.78, 5) is 11.0. The molecule has 2 rings (SSSR count). The molecule has 0 radical (unpaired) electrons. The fourth-order valence-electron chi connectivity index (χ4n) is 2.06. The summed E-state index contributed by atoms with van der Waals surface area (Å²) in [6.07, 6.45) is 0. The van der Waals surface area contributed by atoms with Crippen LogP contribution in [0, 0.1) is 0 Å². The Kier molecular flexibility index (Phi) is 3.16. The second-order valence-electron chi connectivity index (χ2n) is 4.95. The van der Waals surface area contributed by atoms with Gasteiger partial charge in [0.25, 0.3) is 0 Å². The van der Waals surface area contributed by atoms with E-state index < -0.39 is 11.6 Å². The van der Waals surface area contributed by atoms with Gasteiger partial charge in [0, 0.05) is 12.6 Å². The first kappa shape index (κ1) is 13.3. The summed E-state index contributed by atoms with van der Waals surface area (Å²) in [6, 6.07) is 8.86. The Balaban J connectivity index is 2.63. The van der Waals surface area contributed by atoms with Crippen LogP contribution in [0.3, 0.4) is 0 Å². The zero-order chi connectivity index (χ0) is 14.2. The summed E-state index contributed by atoms with van der Waals surface area (Å²) in [7, 11) is 1.68. The number of carboxylic acids is 1. The van der Waals surface area contributed by atoms with Gasteiger partial charge in [0.1, 0.15) is 0 Å². The van der Waals surface area contributed by atoms with Crippen molar-refractivity contribution in [1.82, 2.24) is 9.78 Å². The van der Waals surface area contributed by atoms with Crippen molar-refractivity contribution in [3.63, 3.8) is 0 Å². The molecule has 1 heterocycles. The second kappa shape index (κ2) is 4.51. The summed E-state index contributed by atoms with van der Waals surface area (Å²) >= 11 is 0. The first-order valence-electron chi connectivity index (χ1n) is 5.90. The second-order valence-corrected chi connectivity index (χ2v) is 4.95. The van der Waals surface area contributed by atoms with Crippen molar-refractivity contribution in [1.29, 1.82) is 0 Å². The molecular formula is C14H16N2O3. The Labute approximate surface area is 111 Å². The average Bonchev–Trinajstić information content (AvgIpc) is 2.70. The molecule has 0 aliphatic heterocycles. The smallest absolute Gasteiger partial charge is 0.356 e. The average molecular weight is 260 g/mol. The van der Waals surface area contributed by atoms with Crippen LogP contribution < -0.4 is 0 Å². The number of aryl methyl sites for hydroxylation is 1. The molecule has 100 valence electrons. The highest BCUT2D eigenvalue weighted by Gasteiger charge is 2.22. The van der Waals surface area contributed by atoms with Crippen LogP contribution in [-0.4, -0.2) is 26.0 Å². The zero-order valence-electron chi connectivity index (χ0n) is 11.1. The highest BCUT2D eigenvalue weighted by Crippen LogP contribution is 2.31. The number of rotatable bonds is 3. The first-order chi connectivity index (χ1) is 8.80. The van der Waals surface area contributed by atoms with Crippen LogP contribution in [0.1, 0.15) is 29.9 Å². The summed E-state index contributed by atoms with van der Waals surface area (Å²) < 4.78 is 1.51. The lowest BCUT2D eigenvalue weighted by Crippen LogP contribution is -2.17. The quantitative estimate of drug-likeness (QED) is 0.885. The SMILES string of the molecule is Cn1nc(C(=O)O)cc1-c1ccccc1C(C)(C)O. The molecule has 19 heavy (non-hydrogen) atoms. The van der Waals surface area contributed by atoms with Crippen molar-refractivity contribution < 1.29 is 15.0 Å². The van der Waals surface area contributed by atoms with Crippen LogP contribution in [-0.2, 0) is 12.6 Å². The van der Waals surface area contributed by atoms with E-state index in [0.29, 0.717) is 5.69 Å². The minimum absolute atomic E-state index is 0.0111. The van der Waals surface area contributed by atoms with Crippen molar-refractivity contribution in [2.24, 2.45) is 7.05 Å². The van der Waals surface area contributed by atoms with Crippen molar-refractivity contribution in [2.45, 2.75) is 19.4 Å². The molecule has 2 N–H and O–H groups in total. The van der Waals surface area contributed by atoms with Gasteiger partial charge >= 0.3 is 5.97 Å². The molecular weight excluding hydrogens is 244 g/mol. The third kappa shape index (κ3) is 2.51. The Bertz CT molecular complexity index is 624. The number of nitrogens with zero attached hydrogens (tertiary/aromatic N) is 2. The number of benzene rings is 1. The fourth-order valence-corrected chi connectivity index (χ4v) is 2.06. The molecule has 0 unspecified atom stereocenters. The van der Waals surface area contributed by atoms with Gasteiger partial charge in [-0.05, 0) is 25.5 Å². The molecule has 0 aliphatic rings. The van der Waals surface area contributed by atoms with Gasteiger partial charge in [0.05, 0.1) is 11.3 Å². The van der Waals surface area contributed by atoms with Crippen molar-refractivity contribution in [2.75, 3.05) is 0 Å². The van der Waals surface area contributed by atoms with Gasteiger partial charge in [0.15, 0.2) is 5.69 Å². The number of aromatic nitrogens is 2. The van der Waals surface area contributed by atoms with E-state index in [2.05, 4.69) is 5.10 Å². The van der Waals surface area contributed by atoms with E-state index in [1.54, 1.807) is 20.9 Å². The van der Waals surface area contributed by atoms with Crippen molar-refractivity contribution in [3.8, 4) is 11.3 Å². The molecule has 1 aromatic carbocycles. The molecule has 0 spiro atoms. The number of carbonyl (C=O) groups is 1. The monoisotopic (exact) mass is 260 g/mol. The van der Waals surface area contributed by atoms with Crippen LogP contribution >= 0.6 is 0 Å². The van der Waals surface area contributed by atoms with Gasteiger partial charge < -0.3 is 10.2 Å². The molecule has 0 saturated carbocycles. The Morgan fingerprint density at radius 2 is 1.95 bits per heavy atom. The predicted octanol–water partition coefficient (Wildman–Crippen LogP) is 2.01. The van der Waals surface area contributed by atoms with Crippen molar-refractivity contribution >= 4 is 5.97 Å². The highest BCUT2D eigenvalue weighted by atomic mass is 16.4. The summed E-state index contributed by atoms with van der Waals surface area (Å²) in [5.41, 5.74) is 1.15. The van der Waals surface area contributed by atoms with Gasteiger partial charge in [-0.25, -0.2) is 4.79 Å². The lowest BCUT2D eigenvalue weighted by Gasteiger charge is -2.21. The predicted molar refractivity (Wildman–Crippen MR) is 70.8 cm³/mol. The highest BCUT2D eigenvalue weighted by molar-refractivity contribution is 5.87. The molecule has 0 saturated heterocycles. The van der Waals surface area contributed by atoms with E-state index >= 15 is 0 Å². The van der Waals surface area contributed by atoms with Crippen LogP contribution in [0.15, 0.2) is 30.3 Å². The van der Waals surface area contributed by atoms with E-state index in [9.17, 15) is 9.90 Å². The van der Waals surface area contributed by atoms with Gasteiger partial charge in [-0.2, -0.15) is 5.10 Å². The lowest BCUT2D eigenvalue weighted by atomic mass is 9.91. The van der Waals surface area contributed by atoms with Crippen LogP contribution in [0.25, 0.3) is 11.3 Å². The van der Waals surface area contributed by atoms with E-state index in [1.807, 2.05) is 24.3 Å². The molecule has 0 fully saturated rings. The van der Waals surface area contributed by atoms with Crippen LogP contribution in [0.4, 0.5) is 0 Å². The number of aliphatic hydroxyl groups is 1. The number of carboxylic acid groups (broad SMARTS) is 1. The maximum absolute atomic E-state index is 11.0. The third-order valence-corrected chi connectivity index (χ3v) is 2.96. The molecule has 5 nitrogen and oxygen atoms in total.